The van der Waals surface area contributed by atoms with Gasteiger partial charge in [-0.1, -0.05) is 17.8 Å². The third kappa shape index (κ3) is 5.17. The summed E-state index contributed by atoms with van der Waals surface area (Å²) in [6.45, 7) is 7.16. The van der Waals surface area contributed by atoms with Gasteiger partial charge in [0.15, 0.2) is 0 Å². The van der Waals surface area contributed by atoms with Crippen molar-refractivity contribution < 1.29 is 4.79 Å². The first-order valence-corrected chi connectivity index (χ1v) is 11.8. The van der Waals surface area contributed by atoms with Crippen LogP contribution in [-0.2, 0) is 4.79 Å². The lowest BCUT2D eigenvalue weighted by atomic mass is 9.96. The van der Waals surface area contributed by atoms with Crippen LogP contribution < -0.4 is 10.2 Å². The van der Waals surface area contributed by atoms with E-state index >= 15 is 0 Å². The monoisotopic (exact) mass is 416 g/mol. The zero-order chi connectivity index (χ0) is 20.1. The summed E-state index contributed by atoms with van der Waals surface area (Å²) < 4.78 is 1.98. The highest BCUT2D eigenvalue weighted by Crippen LogP contribution is 2.27. The summed E-state index contributed by atoms with van der Waals surface area (Å²) in [5.74, 6) is 0.346. The van der Waals surface area contributed by atoms with Crippen molar-refractivity contribution in [2.24, 2.45) is 5.92 Å². The molecule has 1 amide bonds. The van der Waals surface area contributed by atoms with Gasteiger partial charge in [-0.15, -0.1) is 10.2 Å². The second-order valence-corrected chi connectivity index (χ2v) is 9.18. The van der Waals surface area contributed by atoms with Gasteiger partial charge in [-0.2, -0.15) is 0 Å². The Morgan fingerprint density at radius 1 is 1.10 bits per heavy atom. The van der Waals surface area contributed by atoms with Crippen LogP contribution in [0.15, 0.2) is 24.5 Å². The van der Waals surface area contributed by atoms with E-state index in [4.69, 9.17) is 0 Å². The predicted octanol–water partition coefficient (Wildman–Crippen LogP) is 2.93. The fourth-order valence-electron chi connectivity index (χ4n) is 4.36. The van der Waals surface area contributed by atoms with Crippen molar-refractivity contribution in [1.82, 2.24) is 25.0 Å². The molecule has 158 valence electrons. The molecule has 8 heteroatoms. The van der Waals surface area contributed by atoms with Gasteiger partial charge in [0.1, 0.15) is 0 Å². The highest BCUT2D eigenvalue weighted by molar-refractivity contribution is 7.17. The predicted molar refractivity (Wildman–Crippen MR) is 117 cm³/mol. The summed E-state index contributed by atoms with van der Waals surface area (Å²) in [4.78, 5) is 17.4. The molecule has 4 rings (SSSR count). The van der Waals surface area contributed by atoms with E-state index in [1.807, 2.05) is 29.1 Å². The lowest BCUT2D eigenvalue weighted by Crippen LogP contribution is -2.42. The Morgan fingerprint density at radius 3 is 2.62 bits per heavy atom. The number of piperidine rings is 2. The molecular formula is C21H32N6OS. The first kappa shape index (κ1) is 20.3. The van der Waals surface area contributed by atoms with Gasteiger partial charge in [0, 0.05) is 50.5 Å². The largest absolute Gasteiger partial charge is 0.356 e. The molecule has 0 aromatic carbocycles. The van der Waals surface area contributed by atoms with Crippen LogP contribution in [0.5, 0.6) is 0 Å². The Hall–Kier alpha value is -1.93. The van der Waals surface area contributed by atoms with Gasteiger partial charge in [0.25, 0.3) is 0 Å². The molecule has 1 atom stereocenters. The Labute approximate surface area is 177 Å². The summed E-state index contributed by atoms with van der Waals surface area (Å²) in [6.07, 6.45) is 10.8. The van der Waals surface area contributed by atoms with Gasteiger partial charge in [-0.25, -0.2) is 0 Å². The molecule has 2 aromatic heterocycles. The zero-order valence-corrected chi connectivity index (χ0v) is 18.1. The Morgan fingerprint density at radius 2 is 1.86 bits per heavy atom. The van der Waals surface area contributed by atoms with Crippen LogP contribution >= 0.6 is 11.3 Å². The SMILES string of the molecule is C[C@H]1CCCCN1CCCNC(=O)C1CCN(c2nnc(-n3cccc3)s2)CC1. The molecule has 0 radical (unpaired) electrons. The van der Waals surface area contributed by atoms with Crippen LogP contribution in [0.1, 0.15) is 45.4 Å². The first-order chi connectivity index (χ1) is 14.2. The van der Waals surface area contributed by atoms with Gasteiger partial charge in [0.05, 0.1) is 0 Å². The second kappa shape index (κ2) is 9.71. The topological polar surface area (TPSA) is 66.3 Å². The summed E-state index contributed by atoms with van der Waals surface area (Å²) in [7, 11) is 0. The number of nitrogens with one attached hydrogen (secondary N) is 1. The van der Waals surface area contributed by atoms with E-state index in [1.165, 1.54) is 25.8 Å². The molecule has 2 fully saturated rings. The van der Waals surface area contributed by atoms with Gasteiger partial charge < -0.3 is 15.1 Å². The smallest absolute Gasteiger partial charge is 0.223 e. The number of anilines is 1. The maximum atomic E-state index is 12.5. The quantitative estimate of drug-likeness (QED) is 0.703. The number of amides is 1. The minimum absolute atomic E-state index is 0.122. The Balaban J connectivity index is 1.17. The lowest BCUT2D eigenvalue weighted by molar-refractivity contribution is -0.125. The molecular weight excluding hydrogens is 384 g/mol. The van der Waals surface area contributed by atoms with E-state index in [2.05, 4.69) is 32.2 Å². The third-order valence-electron chi connectivity index (χ3n) is 6.23. The normalized spacial score (nSPS) is 21.4. The zero-order valence-electron chi connectivity index (χ0n) is 17.3. The number of hydrogen-bond acceptors (Lipinski definition) is 6. The third-order valence-corrected chi connectivity index (χ3v) is 7.22. The summed E-state index contributed by atoms with van der Waals surface area (Å²) >= 11 is 1.60. The molecule has 2 saturated heterocycles. The van der Waals surface area contributed by atoms with Crippen LogP contribution in [0, 0.1) is 5.92 Å². The molecule has 0 spiro atoms. The molecule has 0 bridgehead atoms. The van der Waals surface area contributed by atoms with Crippen LogP contribution in [-0.4, -0.2) is 64.3 Å². The number of likely N-dealkylation sites (tertiary alicyclic amines) is 1. The number of nitrogens with zero attached hydrogens (tertiary/aromatic N) is 5. The first-order valence-electron chi connectivity index (χ1n) is 10.9. The average Bonchev–Trinajstić information content (AvgIpc) is 3.44. The van der Waals surface area contributed by atoms with E-state index in [1.54, 1.807) is 11.3 Å². The molecule has 2 aliphatic heterocycles. The van der Waals surface area contributed by atoms with Crippen molar-refractivity contribution in [3.8, 4) is 5.13 Å². The molecule has 7 nitrogen and oxygen atoms in total. The Kier molecular flexibility index (Phi) is 6.82. The van der Waals surface area contributed by atoms with Crippen LogP contribution in [0.25, 0.3) is 5.13 Å². The van der Waals surface area contributed by atoms with Crippen molar-refractivity contribution in [1.29, 1.82) is 0 Å². The molecule has 0 saturated carbocycles. The lowest BCUT2D eigenvalue weighted by Gasteiger charge is -2.33. The standard InChI is InChI=1S/C21H32N6OS/c1-17-7-2-3-11-25(17)14-6-10-22-19(28)18-8-15-27(16-9-18)21-24-23-20(29-21)26-12-4-5-13-26/h4-5,12-13,17-18H,2-3,6-11,14-16H2,1H3,(H,22,28)/t17-/m0/s1. The number of rotatable bonds is 7. The molecule has 1 N–H and O–H groups in total. The molecule has 0 unspecified atom stereocenters. The summed E-state index contributed by atoms with van der Waals surface area (Å²) in [6, 6.07) is 4.67. The van der Waals surface area contributed by atoms with Gasteiger partial charge >= 0.3 is 0 Å². The van der Waals surface area contributed by atoms with Crippen LogP contribution in [0.4, 0.5) is 5.13 Å². The van der Waals surface area contributed by atoms with E-state index in [0.29, 0.717) is 6.04 Å². The van der Waals surface area contributed by atoms with Crippen molar-refractivity contribution in [2.75, 3.05) is 37.6 Å². The molecule has 0 aliphatic carbocycles. The minimum atomic E-state index is 0.122. The van der Waals surface area contributed by atoms with Crippen molar-refractivity contribution in [3.05, 3.63) is 24.5 Å². The number of carbonyl (C=O) groups is 1. The van der Waals surface area contributed by atoms with E-state index in [9.17, 15) is 4.79 Å². The Bertz CT molecular complexity index is 768. The van der Waals surface area contributed by atoms with E-state index in [0.717, 1.165) is 55.7 Å². The summed E-state index contributed by atoms with van der Waals surface area (Å²) in [5, 5.41) is 13.6. The fraction of sp³-hybridized carbons (Fsp3) is 0.667. The highest BCUT2D eigenvalue weighted by atomic mass is 32.1. The van der Waals surface area contributed by atoms with Crippen LogP contribution in [0.2, 0.25) is 0 Å². The van der Waals surface area contributed by atoms with Gasteiger partial charge in [0.2, 0.25) is 16.2 Å². The summed E-state index contributed by atoms with van der Waals surface area (Å²) in [5.41, 5.74) is 0. The molecule has 4 heterocycles. The number of hydrogen-bond donors (Lipinski definition) is 1. The maximum Gasteiger partial charge on any atom is 0.223 e. The minimum Gasteiger partial charge on any atom is -0.356 e. The highest BCUT2D eigenvalue weighted by Gasteiger charge is 2.26. The van der Waals surface area contributed by atoms with Crippen molar-refractivity contribution >= 4 is 22.4 Å². The van der Waals surface area contributed by atoms with Gasteiger partial charge in [-0.3, -0.25) is 9.36 Å². The maximum absolute atomic E-state index is 12.5. The number of carbonyl (C=O) groups excluding carboxylic acids is 1. The molecule has 2 aromatic rings. The van der Waals surface area contributed by atoms with Gasteiger partial charge in [-0.05, 0) is 57.7 Å². The molecule has 29 heavy (non-hydrogen) atoms. The number of aromatic nitrogens is 3. The average molecular weight is 417 g/mol. The second-order valence-electron chi connectivity index (χ2n) is 8.24. The van der Waals surface area contributed by atoms with Crippen molar-refractivity contribution in [2.45, 2.75) is 51.5 Å². The fourth-order valence-corrected chi connectivity index (χ4v) is 5.23. The van der Waals surface area contributed by atoms with Crippen LogP contribution in [0.3, 0.4) is 0 Å². The molecule has 2 aliphatic rings. The van der Waals surface area contributed by atoms with E-state index < -0.39 is 0 Å². The van der Waals surface area contributed by atoms with Crippen molar-refractivity contribution in [3.63, 3.8) is 0 Å². The van der Waals surface area contributed by atoms with E-state index in [-0.39, 0.29) is 11.8 Å².